The number of likely N-dealkylation sites (tertiary alicyclic amines) is 1. The van der Waals surface area contributed by atoms with Gasteiger partial charge in [-0.1, -0.05) is 28.1 Å². The van der Waals surface area contributed by atoms with E-state index < -0.39 is 5.72 Å². The number of amides is 1. The number of benzene rings is 2. The Bertz CT molecular complexity index is 955. The summed E-state index contributed by atoms with van der Waals surface area (Å²) in [4.78, 5) is 25.4. The van der Waals surface area contributed by atoms with Crippen LogP contribution in [0.5, 0.6) is 11.5 Å². The Kier molecular flexibility index (Phi) is 5.47. The molecule has 1 spiro atoms. The molecule has 2 aliphatic heterocycles. The Morgan fingerprint density at radius 3 is 2.59 bits per heavy atom. The van der Waals surface area contributed by atoms with Gasteiger partial charge in [0.1, 0.15) is 0 Å². The zero-order chi connectivity index (χ0) is 20.4. The van der Waals surface area contributed by atoms with Gasteiger partial charge in [0.05, 0.1) is 14.2 Å². The standard InChI is InChI=1S/C21H22BrN3O4/c1-27-17-7-6-15(13-18(17)28-2)20(26)25-10-8-21(9-11-25)23-19(24-29-21)14-4-3-5-16(22)12-14/h3-7,12-13H,8-11H2,1-2H3,(H,23,24). The summed E-state index contributed by atoms with van der Waals surface area (Å²) in [6.07, 6.45) is 1.24. The highest BCUT2D eigenvalue weighted by Crippen LogP contribution is 2.33. The maximum atomic E-state index is 12.9. The van der Waals surface area contributed by atoms with Crippen LogP contribution in [0.1, 0.15) is 28.8 Å². The third kappa shape index (κ3) is 3.95. The molecule has 2 heterocycles. The lowest BCUT2D eigenvalue weighted by Crippen LogP contribution is -2.46. The van der Waals surface area contributed by atoms with Gasteiger partial charge >= 0.3 is 0 Å². The average molecular weight is 460 g/mol. The highest BCUT2D eigenvalue weighted by atomic mass is 79.9. The summed E-state index contributed by atoms with van der Waals surface area (Å²) in [5, 5.41) is 0. The molecule has 7 nitrogen and oxygen atoms in total. The van der Waals surface area contributed by atoms with E-state index in [1.165, 1.54) is 0 Å². The van der Waals surface area contributed by atoms with Crippen molar-refractivity contribution in [3.05, 3.63) is 58.1 Å². The molecule has 2 aromatic carbocycles. The van der Waals surface area contributed by atoms with Gasteiger partial charge in [-0.15, -0.1) is 0 Å². The van der Waals surface area contributed by atoms with E-state index >= 15 is 0 Å². The number of rotatable bonds is 4. The molecule has 0 saturated carbocycles. The van der Waals surface area contributed by atoms with Crippen molar-refractivity contribution in [1.29, 1.82) is 0 Å². The molecular weight excluding hydrogens is 438 g/mol. The van der Waals surface area contributed by atoms with Crippen molar-refractivity contribution in [1.82, 2.24) is 10.4 Å². The lowest BCUT2D eigenvalue weighted by molar-refractivity contribution is -0.0849. The molecule has 1 amide bonds. The van der Waals surface area contributed by atoms with E-state index in [1.54, 1.807) is 32.4 Å². The predicted molar refractivity (Wildman–Crippen MR) is 112 cm³/mol. The van der Waals surface area contributed by atoms with Crippen LogP contribution in [-0.4, -0.2) is 49.7 Å². The number of nitrogens with zero attached hydrogens (tertiary/aromatic N) is 2. The van der Waals surface area contributed by atoms with Gasteiger partial charge in [0.25, 0.3) is 5.91 Å². The fraction of sp³-hybridized carbons (Fsp3) is 0.333. The summed E-state index contributed by atoms with van der Waals surface area (Å²) in [6.45, 7) is 1.12. The number of hydrogen-bond donors (Lipinski definition) is 1. The Morgan fingerprint density at radius 1 is 1.14 bits per heavy atom. The maximum Gasteiger partial charge on any atom is 0.253 e. The summed E-state index contributed by atoms with van der Waals surface area (Å²) in [5.74, 6) is 1.81. The molecule has 29 heavy (non-hydrogen) atoms. The van der Waals surface area contributed by atoms with Crippen LogP contribution in [0.3, 0.4) is 0 Å². The maximum absolute atomic E-state index is 12.9. The third-order valence-corrected chi connectivity index (χ3v) is 5.71. The molecule has 4 rings (SSSR count). The molecule has 0 aromatic heterocycles. The normalized spacial score (nSPS) is 17.6. The minimum atomic E-state index is -0.633. The van der Waals surface area contributed by atoms with Gasteiger partial charge in [-0.05, 0) is 30.3 Å². The third-order valence-electron chi connectivity index (χ3n) is 5.21. The summed E-state index contributed by atoms with van der Waals surface area (Å²) >= 11 is 3.48. The van der Waals surface area contributed by atoms with Gasteiger partial charge in [-0.25, -0.2) is 15.3 Å². The van der Waals surface area contributed by atoms with Crippen LogP contribution < -0.4 is 15.0 Å². The number of methoxy groups -OCH3 is 2. The van der Waals surface area contributed by atoms with Crippen molar-refractivity contribution in [2.45, 2.75) is 18.6 Å². The Morgan fingerprint density at radius 2 is 1.90 bits per heavy atom. The van der Waals surface area contributed by atoms with E-state index in [1.807, 2.05) is 29.2 Å². The van der Waals surface area contributed by atoms with Crippen LogP contribution in [-0.2, 0) is 4.84 Å². The molecule has 0 unspecified atom stereocenters. The van der Waals surface area contributed by atoms with E-state index in [0.717, 1.165) is 10.0 Å². The largest absolute Gasteiger partial charge is 0.493 e. The first-order valence-corrected chi connectivity index (χ1v) is 10.1. The molecular formula is C21H22BrN3O4. The van der Waals surface area contributed by atoms with Crippen LogP contribution in [0.25, 0.3) is 0 Å². The molecule has 1 fully saturated rings. The topological polar surface area (TPSA) is 72.4 Å². The molecule has 152 valence electrons. The number of amidine groups is 1. The lowest BCUT2D eigenvalue weighted by atomic mass is 10.00. The lowest BCUT2D eigenvalue weighted by Gasteiger charge is -2.35. The number of piperidine rings is 1. The predicted octanol–water partition coefficient (Wildman–Crippen LogP) is 3.38. The molecule has 2 aromatic rings. The van der Waals surface area contributed by atoms with Gasteiger partial charge in [0.15, 0.2) is 23.1 Å². The molecule has 0 bridgehead atoms. The summed E-state index contributed by atoms with van der Waals surface area (Å²) in [7, 11) is 3.13. The van der Waals surface area contributed by atoms with Crippen LogP contribution in [0, 0.1) is 0 Å². The smallest absolute Gasteiger partial charge is 0.253 e. The Labute approximate surface area is 177 Å². The second kappa shape index (κ2) is 8.04. The number of hydroxylamine groups is 1. The second-order valence-corrected chi connectivity index (χ2v) is 7.90. The quantitative estimate of drug-likeness (QED) is 0.758. The molecule has 0 atom stereocenters. The first-order chi connectivity index (χ1) is 14.0. The van der Waals surface area contributed by atoms with Crippen molar-refractivity contribution < 1.29 is 19.1 Å². The van der Waals surface area contributed by atoms with Crippen molar-refractivity contribution in [2.24, 2.45) is 4.99 Å². The highest BCUT2D eigenvalue weighted by Gasteiger charge is 2.41. The van der Waals surface area contributed by atoms with Gasteiger partial charge in [0, 0.05) is 41.5 Å². The SMILES string of the molecule is COc1ccc(C(=O)N2CCC3(CC2)N=C(c2cccc(Br)c2)NO3)cc1OC. The van der Waals surface area contributed by atoms with Gasteiger partial charge in [0.2, 0.25) is 0 Å². The minimum absolute atomic E-state index is 0.0389. The first kappa shape index (κ1) is 19.7. The molecule has 1 N–H and O–H groups in total. The number of aliphatic imine (C=N–C) groups is 1. The number of nitrogens with one attached hydrogen (secondary N) is 1. The van der Waals surface area contributed by atoms with Gasteiger partial charge in [-0.3, -0.25) is 4.79 Å². The molecule has 0 radical (unpaired) electrons. The van der Waals surface area contributed by atoms with E-state index in [2.05, 4.69) is 21.4 Å². The van der Waals surface area contributed by atoms with Crippen LogP contribution in [0.4, 0.5) is 0 Å². The van der Waals surface area contributed by atoms with E-state index in [0.29, 0.717) is 48.8 Å². The monoisotopic (exact) mass is 459 g/mol. The molecule has 8 heteroatoms. The summed E-state index contributed by atoms with van der Waals surface area (Å²) in [6, 6.07) is 13.1. The Hall–Kier alpha value is -2.58. The van der Waals surface area contributed by atoms with E-state index in [9.17, 15) is 4.79 Å². The zero-order valence-corrected chi connectivity index (χ0v) is 17.9. The van der Waals surface area contributed by atoms with E-state index in [4.69, 9.17) is 19.3 Å². The second-order valence-electron chi connectivity index (χ2n) is 6.98. The van der Waals surface area contributed by atoms with Crippen molar-refractivity contribution >= 4 is 27.7 Å². The van der Waals surface area contributed by atoms with Crippen molar-refractivity contribution in [3.8, 4) is 11.5 Å². The zero-order valence-electron chi connectivity index (χ0n) is 16.3. The first-order valence-electron chi connectivity index (χ1n) is 9.35. The average Bonchev–Trinajstić information content (AvgIpc) is 3.17. The highest BCUT2D eigenvalue weighted by molar-refractivity contribution is 9.10. The van der Waals surface area contributed by atoms with Crippen LogP contribution in [0.2, 0.25) is 0 Å². The number of halogens is 1. The summed E-state index contributed by atoms with van der Waals surface area (Å²) < 4.78 is 11.5. The number of hydrogen-bond acceptors (Lipinski definition) is 6. The number of carbonyl (C=O) groups is 1. The molecule has 1 saturated heterocycles. The molecule has 0 aliphatic carbocycles. The fourth-order valence-electron chi connectivity index (χ4n) is 3.58. The number of ether oxygens (including phenoxy) is 2. The molecule has 2 aliphatic rings. The van der Waals surface area contributed by atoms with Crippen LogP contribution in [0.15, 0.2) is 51.9 Å². The Balaban J connectivity index is 1.45. The van der Waals surface area contributed by atoms with Crippen LogP contribution >= 0.6 is 15.9 Å². The van der Waals surface area contributed by atoms with Gasteiger partial charge < -0.3 is 14.4 Å². The fourth-order valence-corrected chi connectivity index (χ4v) is 3.98. The summed E-state index contributed by atoms with van der Waals surface area (Å²) in [5.41, 5.74) is 3.86. The van der Waals surface area contributed by atoms with Crippen molar-refractivity contribution in [2.75, 3.05) is 27.3 Å². The van der Waals surface area contributed by atoms with Gasteiger partial charge in [-0.2, -0.15) is 0 Å². The number of carbonyl (C=O) groups excluding carboxylic acids is 1. The van der Waals surface area contributed by atoms with E-state index in [-0.39, 0.29) is 5.91 Å². The minimum Gasteiger partial charge on any atom is -0.493 e. The van der Waals surface area contributed by atoms with Crippen molar-refractivity contribution in [3.63, 3.8) is 0 Å².